The number of alkyl carbamates (subject to hydrolysis) is 1. The number of hydrogen-bond acceptors (Lipinski definition) is 7. The Morgan fingerprint density at radius 1 is 1.03 bits per heavy atom. The number of carbonyl (C=O) groups is 4. The Bertz CT molecular complexity index is 965. The summed E-state index contributed by atoms with van der Waals surface area (Å²) in [4.78, 5) is 49.8. The number of amides is 3. The first-order chi connectivity index (χ1) is 15.6. The van der Waals surface area contributed by atoms with Crippen molar-refractivity contribution in [2.24, 2.45) is 0 Å². The summed E-state index contributed by atoms with van der Waals surface area (Å²) >= 11 is 0. The molecule has 0 fully saturated rings. The average Bonchev–Trinajstić information content (AvgIpc) is 3.27. The summed E-state index contributed by atoms with van der Waals surface area (Å²) in [7, 11) is 1.48. The van der Waals surface area contributed by atoms with Gasteiger partial charge in [-0.25, -0.2) is 4.79 Å². The average molecular weight is 459 g/mol. The Morgan fingerprint density at radius 2 is 1.76 bits per heavy atom. The smallest absolute Gasteiger partial charge is 0.407 e. The van der Waals surface area contributed by atoms with Crippen LogP contribution in [0.1, 0.15) is 43.3 Å². The van der Waals surface area contributed by atoms with Gasteiger partial charge in [0.1, 0.15) is 11.4 Å². The zero-order chi connectivity index (χ0) is 24.4. The van der Waals surface area contributed by atoms with Crippen LogP contribution < -0.4 is 15.5 Å². The van der Waals surface area contributed by atoms with E-state index < -0.39 is 30.2 Å². The molecule has 0 radical (unpaired) electrons. The van der Waals surface area contributed by atoms with Gasteiger partial charge in [-0.15, -0.1) is 0 Å². The number of ether oxygens (including phenoxy) is 2. The maximum absolute atomic E-state index is 12.6. The fraction of sp³-hybridized carbons (Fsp3) is 0.391. The molecular formula is C23H29N3O7. The van der Waals surface area contributed by atoms with Gasteiger partial charge in [0.05, 0.1) is 30.5 Å². The molecule has 2 N–H and O–H groups in total. The highest BCUT2D eigenvalue weighted by Crippen LogP contribution is 2.19. The molecule has 1 heterocycles. The topological polar surface area (TPSA) is 127 Å². The molecule has 10 heteroatoms. The number of furan rings is 1. The number of nitrogens with zero attached hydrogens (tertiary/aromatic N) is 1. The molecule has 0 aliphatic rings. The van der Waals surface area contributed by atoms with Crippen LogP contribution in [0.3, 0.4) is 0 Å². The third kappa shape index (κ3) is 8.68. The zero-order valence-electron chi connectivity index (χ0n) is 19.2. The lowest BCUT2D eigenvalue weighted by Crippen LogP contribution is -2.35. The SMILES string of the molecule is CN(C(=O)COC(=O)CCNC(=O)OC(C)(C)C)c1ccccc1C(=O)NCc1ccco1. The number of rotatable bonds is 9. The summed E-state index contributed by atoms with van der Waals surface area (Å²) in [5, 5.41) is 5.17. The van der Waals surface area contributed by atoms with E-state index in [1.807, 2.05) is 0 Å². The van der Waals surface area contributed by atoms with Crippen LogP contribution in [-0.4, -0.2) is 49.7 Å². The van der Waals surface area contributed by atoms with Crippen LogP contribution in [0.15, 0.2) is 47.1 Å². The van der Waals surface area contributed by atoms with Gasteiger partial charge < -0.3 is 29.4 Å². The maximum atomic E-state index is 12.6. The highest BCUT2D eigenvalue weighted by molar-refractivity contribution is 6.05. The quantitative estimate of drug-likeness (QED) is 0.552. The van der Waals surface area contributed by atoms with E-state index >= 15 is 0 Å². The molecule has 2 rings (SSSR count). The van der Waals surface area contributed by atoms with Gasteiger partial charge in [-0.3, -0.25) is 14.4 Å². The van der Waals surface area contributed by atoms with Crippen LogP contribution in [0, 0.1) is 0 Å². The second-order valence-corrected chi connectivity index (χ2v) is 8.07. The van der Waals surface area contributed by atoms with E-state index in [0.29, 0.717) is 11.4 Å². The van der Waals surface area contributed by atoms with E-state index in [9.17, 15) is 19.2 Å². The van der Waals surface area contributed by atoms with Crippen LogP contribution in [0.2, 0.25) is 0 Å². The lowest BCUT2D eigenvalue weighted by atomic mass is 10.1. The lowest BCUT2D eigenvalue weighted by molar-refractivity contribution is -0.147. The minimum atomic E-state index is -0.655. The fourth-order valence-electron chi connectivity index (χ4n) is 2.66. The van der Waals surface area contributed by atoms with Gasteiger partial charge >= 0.3 is 12.1 Å². The summed E-state index contributed by atoms with van der Waals surface area (Å²) in [5.74, 6) is -0.961. The second-order valence-electron chi connectivity index (χ2n) is 8.07. The van der Waals surface area contributed by atoms with Gasteiger partial charge in [-0.1, -0.05) is 12.1 Å². The second kappa shape index (κ2) is 11.7. The van der Waals surface area contributed by atoms with Crippen molar-refractivity contribution in [3.05, 3.63) is 54.0 Å². The monoisotopic (exact) mass is 459 g/mol. The molecule has 1 aromatic carbocycles. The molecule has 0 bridgehead atoms. The third-order valence-corrected chi connectivity index (χ3v) is 4.24. The van der Waals surface area contributed by atoms with Crippen LogP contribution in [0.4, 0.5) is 10.5 Å². The van der Waals surface area contributed by atoms with E-state index in [4.69, 9.17) is 13.9 Å². The van der Waals surface area contributed by atoms with Gasteiger partial charge in [0.25, 0.3) is 11.8 Å². The van der Waals surface area contributed by atoms with Gasteiger partial charge in [0.15, 0.2) is 6.61 Å². The number of hydrogen-bond donors (Lipinski definition) is 2. The van der Waals surface area contributed by atoms with E-state index in [2.05, 4.69) is 10.6 Å². The Morgan fingerprint density at radius 3 is 2.42 bits per heavy atom. The summed E-state index contributed by atoms with van der Waals surface area (Å²) in [5.41, 5.74) is 0.00276. The Labute approximate surface area is 192 Å². The third-order valence-electron chi connectivity index (χ3n) is 4.24. The fourth-order valence-corrected chi connectivity index (χ4v) is 2.66. The molecule has 0 aliphatic heterocycles. The number of para-hydroxylation sites is 1. The van der Waals surface area contributed by atoms with Gasteiger partial charge in [0, 0.05) is 13.6 Å². The van der Waals surface area contributed by atoms with E-state index in [-0.39, 0.29) is 31.0 Å². The lowest BCUT2D eigenvalue weighted by Gasteiger charge is -2.20. The first kappa shape index (κ1) is 25.4. The maximum Gasteiger partial charge on any atom is 0.407 e. The van der Waals surface area contributed by atoms with Crippen molar-refractivity contribution in [2.45, 2.75) is 39.3 Å². The van der Waals surface area contributed by atoms with Gasteiger partial charge in [-0.05, 0) is 45.0 Å². The molecular weight excluding hydrogens is 430 g/mol. The predicted octanol–water partition coefficient (Wildman–Crippen LogP) is 2.63. The molecule has 33 heavy (non-hydrogen) atoms. The highest BCUT2D eigenvalue weighted by Gasteiger charge is 2.20. The Hall–Kier alpha value is -3.82. The van der Waals surface area contributed by atoms with E-state index in [1.54, 1.807) is 57.2 Å². The molecule has 0 unspecified atom stereocenters. The Balaban J connectivity index is 1.84. The van der Waals surface area contributed by atoms with Crippen LogP contribution in [0.5, 0.6) is 0 Å². The van der Waals surface area contributed by atoms with Crippen molar-refractivity contribution in [2.75, 3.05) is 25.1 Å². The molecule has 178 valence electrons. The molecule has 1 aromatic heterocycles. The van der Waals surface area contributed by atoms with Gasteiger partial charge in [-0.2, -0.15) is 0 Å². The van der Waals surface area contributed by atoms with Crippen LogP contribution >= 0.6 is 0 Å². The molecule has 3 amide bonds. The summed E-state index contributed by atoms with van der Waals surface area (Å²) in [6, 6.07) is 10.0. The van der Waals surface area contributed by atoms with Crippen molar-refractivity contribution in [1.29, 1.82) is 0 Å². The number of likely N-dealkylation sites (N-methyl/N-ethyl adjacent to an activating group) is 1. The minimum Gasteiger partial charge on any atom is -0.467 e. The van der Waals surface area contributed by atoms with Gasteiger partial charge in [0.2, 0.25) is 0 Å². The number of benzene rings is 1. The summed E-state index contributed by atoms with van der Waals surface area (Å²) < 4.78 is 15.3. The molecule has 0 aliphatic carbocycles. The summed E-state index contributed by atoms with van der Waals surface area (Å²) in [6.07, 6.45) is 0.742. The van der Waals surface area contributed by atoms with E-state index in [0.717, 1.165) is 0 Å². The van der Waals surface area contributed by atoms with E-state index in [1.165, 1.54) is 18.2 Å². The van der Waals surface area contributed by atoms with Crippen LogP contribution in [-0.2, 0) is 25.6 Å². The molecule has 0 spiro atoms. The van der Waals surface area contributed by atoms with Crippen molar-refractivity contribution in [1.82, 2.24) is 10.6 Å². The minimum absolute atomic E-state index is 0.0104. The van der Waals surface area contributed by atoms with Crippen LogP contribution in [0.25, 0.3) is 0 Å². The normalized spacial score (nSPS) is 10.8. The largest absolute Gasteiger partial charge is 0.467 e. The number of esters is 1. The summed E-state index contributed by atoms with van der Waals surface area (Å²) in [6.45, 7) is 4.88. The first-order valence-corrected chi connectivity index (χ1v) is 10.4. The zero-order valence-corrected chi connectivity index (χ0v) is 19.2. The highest BCUT2D eigenvalue weighted by atomic mass is 16.6. The standard InChI is InChI=1S/C23H29N3O7/c1-23(2,3)33-22(30)24-12-11-20(28)32-15-19(27)26(4)18-10-6-5-9-17(18)21(29)25-14-16-8-7-13-31-16/h5-10,13H,11-12,14-15H2,1-4H3,(H,24,30)(H,25,29). The molecule has 0 saturated heterocycles. The molecule has 0 saturated carbocycles. The molecule has 2 aromatic rings. The Kier molecular flexibility index (Phi) is 9.02. The van der Waals surface area contributed by atoms with Crippen molar-refractivity contribution in [3.8, 4) is 0 Å². The number of carbonyl (C=O) groups excluding carboxylic acids is 4. The number of nitrogens with one attached hydrogen (secondary N) is 2. The number of anilines is 1. The molecule has 0 atom stereocenters. The first-order valence-electron chi connectivity index (χ1n) is 10.4. The van der Waals surface area contributed by atoms with Crippen molar-refractivity contribution in [3.63, 3.8) is 0 Å². The van der Waals surface area contributed by atoms with Crippen molar-refractivity contribution >= 4 is 29.6 Å². The van der Waals surface area contributed by atoms with Crippen molar-refractivity contribution < 1.29 is 33.1 Å². The predicted molar refractivity (Wildman–Crippen MR) is 120 cm³/mol. The molecule has 10 nitrogen and oxygen atoms in total.